The van der Waals surface area contributed by atoms with E-state index in [2.05, 4.69) is 16.0 Å². The van der Waals surface area contributed by atoms with Crippen molar-refractivity contribution in [2.24, 2.45) is 0 Å². The highest BCUT2D eigenvalue weighted by molar-refractivity contribution is 5.99. The van der Waals surface area contributed by atoms with Crippen LogP contribution in [0.2, 0.25) is 0 Å². The van der Waals surface area contributed by atoms with Crippen LogP contribution in [0.4, 0.5) is 0 Å². The Hall–Kier alpha value is -4.00. The Morgan fingerprint density at radius 2 is 1.53 bits per heavy atom. The van der Waals surface area contributed by atoms with Crippen molar-refractivity contribution >= 4 is 34.8 Å². The standard InChI is InChI=1S/C29H33N3O4/c1-3-4-16-24(19-33)31-27(34)20(2)30-29(36)26(32-28(35)22-12-6-5-7-13-22)18-23-15-10-14-21-11-8-9-17-25(21)23/h5-15,17,19-20,24,26H,3-4,16,18H2,1-2H3,(H,30,36)(H,31,34)(H,32,35). The molecule has 0 fully saturated rings. The molecule has 7 heteroatoms. The summed E-state index contributed by atoms with van der Waals surface area (Å²) in [5.41, 5.74) is 1.34. The zero-order valence-corrected chi connectivity index (χ0v) is 20.7. The molecule has 0 bridgehead atoms. The fraction of sp³-hybridized carbons (Fsp3) is 0.310. The van der Waals surface area contributed by atoms with Gasteiger partial charge in [0.2, 0.25) is 11.8 Å². The minimum absolute atomic E-state index is 0.244. The molecule has 3 unspecified atom stereocenters. The molecule has 0 aliphatic carbocycles. The zero-order valence-electron chi connectivity index (χ0n) is 20.7. The number of unbranched alkanes of at least 4 members (excludes halogenated alkanes) is 1. The van der Waals surface area contributed by atoms with Crippen LogP contribution < -0.4 is 16.0 Å². The van der Waals surface area contributed by atoms with Gasteiger partial charge in [0.1, 0.15) is 18.4 Å². The molecule has 0 aromatic heterocycles. The monoisotopic (exact) mass is 487 g/mol. The van der Waals surface area contributed by atoms with Crippen LogP contribution in [-0.4, -0.2) is 42.1 Å². The molecule has 36 heavy (non-hydrogen) atoms. The Labute approximate surface area is 211 Å². The quantitative estimate of drug-likeness (QED) is 0.340. The summed E-state index contributed by atoms with van der Waals surface area (Å²) in [5, 5.41) is 10.2. The van der Waals surface area contributed by atoms with Gasteiger partial charge in [-0.2, -0.15) is 0 Å². The fourth-order valence-electron chi connectivity index (χ4n) is 4.02. The number of hydrogen-bond acceptors (Lipinski definition) is 4. The number of fused-ring (bicyclic) bond motifs is 1. The van der Waals surface area contributed by atoms with Crippen LogP contribution in [-0.2, 0) is 20.8 Å². The number of aldehydes is 1. The lowest BCUT2D eigenvalue weighted by atomic mass is 9.98. The average Bonchev–Trinajstić information content (AvgIpc) is 2.91. The number of amides is 3. The lowest BCUT2D eigenvalue weighted by Gasteiger charge is -2.23. The number of carbonyl (C=O) groups excluding carboxylic acids is 4. The molecule has 3 amide bonds. The summed E-state index contributed by atoms with van der Waals surface area (Å²) in [7, 11) is 0. The minimum Gasteiger partial charge on any atom is -0.345 e. The second-order valence-electron chi connectivity index (χ2n) is 8.86. The van der Waals surface area contributed by atoms with Gasteiger partial charge in [-0.15, -0.1) is 0 Å². The van der Waals surface area contributed by atoms with Crippen molar-refractivity contribution in [2.45, 2.75) is 57.7 Å². The van der Waals surface area contributed by atoms with E-state index in [0.29, 0.717) is 18.3 Å². The Morgan fingerprint density at radius 3 is 2.25 bits per heavy atom. The summed E-state index contributed by atoms with van der Waals surface area (Å²) < 4.78 is 0. The van der Waals surface area contributed by atoms with Crippen LogP contribution in [0.25, 0.3) is 10.8 Å². The third-order valence-electron chi connectivity index (χ3n) is 6.07. The van der Waals surface area contributed by atoms with Gasteiger partial charge in [0.05, 0.1) is 6.04 Å². The maximum absolute atomic E-state index is 13.3. The van der Waals surface area contributed by atoms with E-state index < -0.39 is 29.9 Å². The van der Waals surface area contributed by atoms with E-state index in [1.165, 1.54) is 0 Å². The molecule has 0 aliphatic heterocycles. The Bertz CT molecular complexity index is 1190. The Morgan fingerprint density at radius 1 is 0.833 bits per heavy atom. The van der Waals surface area contributed by atoms with Crippen LogP contribution in [0.15, 0.2) is 72.8 Å². The molecule has 0 radical (unpaired) electrons. The lowest BCUT2D eigenvalue weighted by molar-refractivity contribution is -0.130. The number of benzene rings is 3. The average molecular weight is 488 g/mol. The van der Waals surface area contributed by atoms with Crippen molar-refractivity contribution in [1.82, 2.24) is 16.0 Å². The van der Waals surface area contributed by atoms with Crippen LogP contribution in [0.1, 0.15) is 49.0 Å². The van der Waals surface area contributed by atoms with Gasteiger partial charge in [0.25, 0.3) is 5.91 Å². The Kier molecular flexibility index (Phi) is 9.74. The predicted octanol–water partition coefficient (Wildman–Crippen LogP) is 3.56. The summed E-state index contributed by atoms with van der Waals surface area (Å²) in [4.78, 5) is 50.2. The van der Waals surface area contributed by atoms with E-state index in [-0.39, 0.29) is 12.3 Å². The smallest absolute Gasteiger partial charge is 0.251 e. The van der Waals surface area contributed by atoms with Gasteiger partial charge in [0.15, 0.2) is 0 Å². The second kappa shape index (κ2) is 13.2. The molecular formula is C29H33N3O4. The molecule has 7 nitrogen and oxygen atoms in total. The van der Waals surface area contributed by atoms with Crippen LogP contribution in [0.5, 0.6) is 0 Å². The normalized spacial score (nSPS) is 13.3. The molecule has 3 aromatic carbocycles. The van der Waals surface area contributed by atoms with E-state index in [1.54, 1.807) is 31.2 Å². The van der Waals surface area contributed by atoms with Crippen molar-refractivity contribution in [2.75, 3.05) is 0 Å². The highest BCUT2D eigenvalue weighted by Gasteiger charge is 2.26. The number of rotatable bonds is 12. The van der Waals surface area contributed by atoms with E-state index >= 15 is 0 Å². The molecule has 3 N–H and O–H groups in total. The summed E-state index contributed by atoms with van der Waals surface area (Å²) in [5.74, 6) is -1.31. The maximum atomic E-state index is 13.3. The number of nitrogens with one attached hydrogen (secondary N) is 3. The highest BCUT2D eigenvalue weighted by Crippen LogP contribution is 2.20. The van der Waals surface area contributed by atoms with Crippen molar-refractivity contribution in [3.05, 3.63) is 83.9 Å². The van der Waals surface area contributed by atoms with Gasteiger partial charge in [-0.3, -0.25) is 14.4 Å². The van der Waals surface area contributed by atoms with E-state index in [4.69, 9.17) is 0 Å². The van der Waals surface area contributed by atoms with Crippen LogP contribution >= 0.6 is 0 Å². The van der Waals surface area contributed by atoms with E-state index in [9.17, 15) is 19.2 Å². The molecule has 3 rings (SSSR count). The summed E-state index contributed by atoms with van der Waals surface area (Å²) >= 11 is 0. The lowest BCUT2D eigenvalue weighted by Crippen LogP contribution is -2.54. The van der Waals surface area contributed by atoms with Gasteiger partial charge in [-0.1, -0.05) is 80.4 Å². The van der Waals surface area contributed by atoms with Crippen molar-refractivity contribution in [1.29, 1.82) is 0 Å². The molecule has 3 aromatic rings. The molecule has 0 aliphatic rings. The first kappa shape index (κ1) is 26.6. The van der Waals surface area contributed by atoms with Gasteiger partial charge < -0.3 is 20.7 Å². The molecule has 0 heterocycles. The molecule has 0 saturated heterocycles. The zero-order chi connectivity index (χ0) is 25.9. The van der Waals surface area contributed by atoms with Crippen LogP contribution in [0.3, 0.4) is 0 Å². The van der Waals surface area contributed by atoms with Crippen molar-refractivity contribution in [3.63, 3.8) is 0 Å². The first-order valence-corrected chi connectivity index (χ1v) is 12.3. The first-order chi connectivity index (χ1) is 17.4. The van der Waals surface area contributed by atoms with Crippen molar-refractivity contribution < 1.29 is 19.2 Å². The third kappa shape index (κ3) is 7.25. The summed E-state index contributed by atoms with van der Waals surface area (Å²) in [6.45, 7) is 3.56. The molecular weight excluding hydrogens is 454 g/mol. The fourth-order valence-corrected chi connectivity index (χ4v) is 4.02. The van der Waals surface area contributed by atoms with Gasteiger partial charge in [-0.05, 0) is 41.8 Å². The van der Waals surface area contributed by atoms with E-state index in [1.807, 2.05) is 55.5 Å². The van der Waals surface area contributed by atoms with Gasteiger partial charge in [0, 0.05) is 12.0 Å². The second-order valence-corrected chi connectivity index (χ2v) is 8.86. The van der Waals surface area contributed by atoms with Crippen molar-refractivity contribution in [3.8, 4) is 0 Å². The Balaban J connectivity index is 1.78. The SMILES string of the molecule is CCCCC(C=O)NC(=O)C(C)NC(=O)C(Cc1cccc2ccccc12)NC(=O)c1ccccc1. The van der Waals surface area contributed by atoms with E-state index in [0.717, 1.165) is 29.2 Å². The molecule has 0 spiro atoms. The minimum atomic E-state index is -0.916. The van der Waals surface area contributed by atoms with Crippen LogP contribution in [0, 0.1) is 0 Å². The van der Waals surface area contributed by atoms with Gasteiger partial charge in [-0.25, -0.2) is 0 Å². The highest BCUT2D eigenvalue weighted by atomic mass is 16.2. The number of carbonyl (C=O) groups is 4. The first-order valence-electron chi connectivity index (χ1n) is 12.3. The molecule has 188 valence electrons. The molecule has 0 saturated carbocycles. The summed E-state index contributed by atoms with van der Waals surface area (Å²) in [6, 6.07) is 19.9. The molecule has 3 atom stereocenters. The summed E-state index contributed by atoms with van der Waals surface area (Å²) in [6.07, 6.45) is 3.22. The largest absolute Gasteiger partial charge is 0.345 e. The van der Waals surface area contributed by atoms with Gasteiger partial charge >= 0.3 is 0 Å². The predicted molar refractivity (Wildman–Crippen MR) is 140 cm³/mol. The third-order valence-corrected chi connectivity index (χ3v) is 6.07. The number of hydrogen-bond donors (Lipinski definition) is 3. The topological polar surface area (TPSA) is 104 Å². The maximum Gasteiger partial charge on any atom is 0.251 e.